The Labute approximate surface area is 139 Å². The van der Waals surface area contributed by atoms with E-state index in [4.69, 9.17) is 4.74 Å². The number of benzene rings is 1. The van der Waals surface area contributed by atoms with Gasteiger partial charge in [0, 0.05) is 5.56 Å². The second kappa shape index (κ2) is 6.41. The molecule has 0 atom stereocenters. The fraction of sp³-hybridized carbons (Fsp3) is 0.529. The van der Waals surface area contributed by atoms with Gasteiger partial charge in [-0.05, 0) is 45.6 Å². The molecule has 22 heavy (non-hydrogen) atoms. The minimum atomic E-state index is -0.513. The van der Waals surface area contributed by atoms with Crippen LogP contribution in [0.4, 0.5) is 4.79 Å². The van der Waals surface area contributed by atoms with Gasteiger partial charge < -0.3 is 10.1 Å². The minimum absolute atomic E-state index is 0.0503. The predicted molar refractivity (Wildman–Crippen MR) is 89.5 cm³/mol. The number of rotatable bonds is 4. The van der Waals surface area contributed by atoms with Crippen molar-refractivity contribution in [1.29, 1.82) is 0 Å². The second-order valence-electron chi connectivity index (χ2n) is 6.70. The average molecular weight is 368 g/mol. The molecule has 0 saturated heterocycles. The highest BCUT2D eigenvalue weighted by Crippen LogP contribution is 2.41. The van der Waals surface area contributed by atoms with Gasteiger partial charge in [-0.3, -0.25) is 4.79 Å². The lowest BCUT2D eigenvalue weighted by Crippen LogP contribution is -2.52. The summed E-state index contributed by atoms with van der Waals surface area (Å²) in [5.74, 6) is 0.0503. The van der Waals surface area contributed by atoms with Crippen LogP contribution in [0.1, 0.15) is 56.0 Å². The molecule has 5 heteroatoms. The first kappa shape index (κ1) is 17.0. The fourth-order valence-corrected chi connectivity index (χ4v) is 2.89. The van der Waals surface area contributed by atoms with Gasteiger partial charge in [-0.15, -0.1) is 0 Å². The van der Waals surface area contributed by atoms with Crippen molar-refractivity contribution in [3.8, 4) is 0 Å². The van der Waals surface area contributed by atoms with Crippen molar-refractivity contribution in [2.24, 2.45) is 0 Å². The van der Waals surface area contributed by atoms with E-state index in [-0.39, 0.29) is 11.3 Å². The number of carbonyl (C=O) groups excluding carboxylic acids is 2. The first-order valence-corrected chi connectivity index (χ1v) is 8.59. The lowest BCUT2D eigenvalue weighted by molar-refractivity contribution is 0.0377. The van der Waals surface area contributed by atoms with Crippen LogP contribution >= 0.6 is 15.9 Å². The highest BCUT2D eigenvalue weighted by Gasteiger charge is 2.41. The van der Waals surface area contributed by atoms with Crippen LogP contribution in [-0.2, 0) is 10.3 Å². The highest BCUT2D eigenvalue weighted by atomic mass is 79.9. The normalized spacial score (nSPS) is 16.5. The van der Waals surface area contributed by atoms with Gasteiger partial charge in [0.05, 0.1) is 10.9 Å². The van der Waals surface area contributed by atoms with Gasteiger partial charge in [-0.2, -0.15) is 0 Å². The summed E-state index contributed by atoms with van der Waals surface area (Å²) >= 11 is 3.17. The zero-order valence-electron chi connectivity index (χ0n) is 13.2. The van der Waals surface area contributed by atoms with Crippen LogP contribution in [0.3, 0.4) is 0 Å². The zero-order chi connectivity index (χ0) is 16.4. The zero-order valence-corrected chi connectivity index (χ0v) is 14.8. The summed E-state index contributed by atoms with van der Waals surface area (Å²) < 4.78 is 5.36. The summed E-state index contributed by atoms with van der Waals surface area (Å²) in [4.78, 5) is 23.7. The Kier molecular flexibility index (Phi) is 4.95. The standard InChI is InChI=1S/C17H22BrNO3/c1-16(2,3)22-15(21)19-17(9-4-10-17)13-7-5-12(6-8-13)14(20)11-18/h5-8H,4,9-11H2,1-3H3,(H,19,21). The van der Waals surface area contributed by atoms with Crippen LogP contribution in [0.15, 0.2) is 24.3 Å². The molecular formula is C17H22BrNO3. The molecule has 1 saturated carbocycles. The van der Waals surface area contributed by atoms with Crippen LogP contribution in [-0.4, -0.2) is 22.8 Å². The Bertz CT molecular complexity index is 556. The number of nitrogens with one attached hydrogen (secondary N) is 1. The molecular weight excluding hydrogens is 346 g/mol. The van der Waals surface area contributed by atoms with Gasteiger partial charge >= 0.3 is 6.09 Å². The van der Waals surface area contributed by atoms with E-state index in [0.717, 1.165) is 24.8 Å². The number of hydrogen-bond acceptors (Lipinski definition) is 3. The van der Waals surface area contributed by atoms with Gasteiger partial charge in [0.1, 0.15) is 5.60 Å². The number of halogens is 1. The largest absolute Gasteiger partial charge is 0.444 e. The molecule has 0 aromatic heterocycles. The Morgan fingerprint density at radius 1 is 1.23 bits per heavy atom. The molecule has 1 aliphatic rings. The Morgan fingerprint density at radius 2 is 1.82 bits per heavy atom. The van der Waals surface area contributed by atoms with Crippen molar-refractivity contribution < 1.29 is 14.3 Å². The molecule has 2 rings (SSSR count). The number of carbonyl (C=O) groups is 2. The summed E-state index contributed by atoms with van der Waals surface area (Å²) in [5.41, 5.74) is 0.822. The first-order valence-electron chi connectivity index (χ1n) is 7.47. The van der Waals surface area contributed by atoms with Crippen molar-refractivity contribution in [3.05, 3.63) is 35.4 Å². The van der Waals surface area contributed by atoms with E-state index in [1.54, 1.807) is 0 Å². The summed E-state index contributed by atoms with van der Waals surface area (Å²) in [6.45, 7) is 5.54. The number of ketones is 1. The van der Waals surface area contributed by atoms with Crippen LogP contribution in [0, 0.1) is 0 Å². The fourth-order valence-electron chi connectivity index (χ4n) is 2.57. The first-order chi connectivity index (χ1) is 10.3. The molecule has 1 aliphatic carbocycles. The van der Waals surface area contributed by atoms with Crippen LogP contribution < -0.4 is 5.32 Å². The van der Waals surface area contributed by atoms with Gasteiger partial charge in [-0.25, -0.2) is 4.79 Å². The average Bonchev–Trinajstić information content (AvgIpc) is 2.40. The molecule has 0 spiro atoms. The van der Waals surface area contributed by atoms with Crippen LogP contribution in [0.5, 0.6) is 0 Å². The summed E-state index contributed by atoms with van der Waals surface area (Å²) in [5, 5.41) is 3.32. The number of alkyl carbamates (subject to hydrolysis) is 1. The maximum Gasteiger partial charge on any atom is 0.408 e. The smallest absolute Gasteiger partial charge is 0.408 e. The van der Waals surface area contributed by atoms with Gasteiger partial charge in [0.15, 0.2) is 5.78 Å². The lowest BCUT2D eigenvalue weighted by Gasteiger charge is -2.43. The van der Waals surface area contributed by atoms with Gasteiger partial charge in [-0.1, -0.05) is 40.2 Å². The Balaban J connectivity index is 2.13. The predicted octanol–water partition coefficient (Wildman–Crippen LogP) is 4.17. The molecule has 1 aromatic rings. The third kappa shape index (κ3) is 3.88. The summed E-state index contributed by atoms with van der Waals surface area (Å²) in [6, 6.07) is 7.48. The molecule has 1 fully saturated rings. The van der Waals surface area contributed by atoms with Crippen molar-refractivity contribution >= 4 is 27.8 Å². The molecule has 0 heterocycles. The van der Waals surface area contributed by atoms with E-state index in [9.17, 15) is 9.59 Å². The molecule has 0 radical (unpaired) electrons. The quantitative estimate of drug-likeness (QED) is 0.641. The van der Waals surface area contributed by atoms with E-state index < -0.39 is 11.7 Å². The van der Waals surface area contributed by atoms with Crippen molar-refractivity contribution in [3.63, 3.8) is 0 Å². The van der Waals surface area contributed by atoms with E-state index >= 15 is 0 Å². The molecule has 0 bridgehead atoms. The van der Waals surface area contributed by atoms with Crippen molar-refractivity contribution in [2.75, 3.05) is 5.33 Å². The van der Waals surface area contributed by atoms with Crippen molar-refractivity contribution in [1.82, 2.24) is 5.32 Å². The van der Waals surface area contributed by atoms with Gasteiger partial charge in [0.25, 0.3) is 0 Å². The van der Waals surface area contributed by atoms with E-state index in [2.05, 4.69) is 21.2 Å². The number of ether oxygens (including phenoxy) is 1. The molecule has 1 aromatic carbocycles. The van der Waals surface area contributed by atoms with E-state index in [0.29, 0.717) is 10.9 Å². The second-order valence-corrected chi connectivity index (χ2v) is 7.26. The number of alkyl halides is 1. The number of Topliss-reactive ketones (excluding diaryl/α,β-unsaturated/α-hetero) is 1. The van der Waals surface area contributed by atoms with Crippen LogP contribution in [0.25, 0.3) is 0 Å². The topological polar surface area (TPSA) is 55.4 Å². The lowest BCUT2D eigenvalue weighted by atomic mass is 9.72. The van der Waals surface area contributed by atoms with Crippen molar-refractivity contribution in [2.45, 2.75) is 51.2 Å². The maximum atomic E-state index is 12.1. The molecule has 1 N–H and O–H groups in total. The third-order valence-electron chi connectivity index (χ3n) is 3.83. The molecule has 1 amide bonds. The molecule has 120 valence electrons. The molecule has 4 nitrogen and oxygen atoms in total. The molecule has 0 unspecified atom stereocenters. The summed E-state index contributed by atoms with van der Waals surface area (Å²) in [7, 11) is 0. The Hall–Kier alpha value is -1.36. The minimum Gasteiger partial charge on any atom is -0.444 e. The van der Waals surface area contributed by atoms with E-state index in [1.807, 2.05) is 45.0 Å². The monoisotopic (exact) mass is 367 g/mol. The molecule has 0 aliphatic heterocycles. The number of hydrogen-bond donors (Lipinski definition) is 1. The number of amides is 1. The maximum absolute atomic E-state index is 12.1. The third-order valence-corrected chi connectivity index (χ3v) is 4.34. The highest BCUT2D eigenvalue weighted by molar-refractivity contribution is 9.09. The summed E-state index contributed by atoms with van der Waals surface area (Å²) in [6.07, 6.45) is 2.45. The van der Waals surface area contributed by atoms with Gasteiger partial charge in [0.2, 0.25) is 0 Å². The Morgan fingerprint density at radius 3 is 2.23 bits per heavy atom. The SMILES string of the molecule is CC(C)(C)OC(=O)NC1(c2ccc(C(=O)CBr)cc2)CCC1. The van der Waals surface area contributed by atoms with Crippen LogP contribution in [0.2, 0.25) is 0 Å². The van der Waals surface area contributed by atoms with E-state index in [1.165, 1.54) is 0 Å².